The van der Waals surface area contributed by atoms with Gasteiger partial charge in [-0.1, -0.05) is 18.2 Å². The second-order valence-electron chi connectivity index (χ2n) is 7.65. The van der Waals surface area contributed by atoms with Crippen molar-refractivity contribution in [3.05, 3.63) is 29.8 Å². The number of rotatable bonds is 0. The number of para-hydroxylation sites is 1. The Morgan fingerprint density at radius 3 is 2.72 bits per heavy atom. The highest BCUT2D eigenvalue weighted by atomic mass is 16.5. The zero-order chi connectivity index (χ0) is 17.4. The van der Waals surface area contributed by atoms with Crippen LogP contribution in [0.25, 0.3) is 0 Å². The topological polar surface area (TPSA) is 59.0 Å². The molecule has 5 rings (SSSR count). The third-order valence-corrected chi connectivity index (χ3v) is 6.03. The third kappa shape index (κ3) is 3.27. The first-order valence-corrected chi connectivity index (χ1v) is 9.46. The number of nitrogens with zero attached hydrogens (tertiary/aromatic N) is 1. The molecule has 2 unspecified atom stereocenters. The molecular formula is C20H27NO4. The summed E-state index contributed by atoms with van der Waals surface area (Å²) in [5.74, 6) is 1.22. The van der Waals surface area contributed by atoms with E-state index in [9.17, 15) is 9.90 Å². The summed E-state index contributed by atoms with van der Waals surface area (Å²) < 4.78 is 12.1. The van der Waals surface area contributed by atoms with E-state index in [0.717, 1.165) is 31.4 Å². The summed E-state index contributed by atoms with van der Waals surface area (Å²) in [4.78, 5) is 14.6. The van der Waals surface area contributed by atoms with Crippen LogP contribution >= 0.6 is 0 Å². The maximum Gasteiger partial charge on any atom is 0.261 e. The Bertz CT molecular complexity index is 626. The Balaban J connectivity index is 1.63. The molecule has 3 aliphatic heterocycles. The second-order valence-corrected chi connectivity index (χ2v) is 7.65. The lowest BCUT2D eigenvalue weighted by Gasteiger charge is -2.32. The van der Waals surface area contributed by atoms with E-state index < -0.39 is 6.10 Å². The van der Waals surface area contributed by atoms with Gasteiger partial charge in [0, 0.05) is 6.04 Å². The number of aliphatic hydroxyl groups excluding tert-OH is 1. The fraction of sp³-hybridized carbons (Fsp3) is 0.650. The van der Waals surface area contributed by atoms with Crippen LogP contribution in [0.5, 0.6) is 5.75 Å². The van der Waals surface area contributed by atoms with E-state index in [-0.39, 0.29) is 30.7 Å². The van der Waals surface area contributed by atoms with Gasteiger partial charge in [0.25, 0.3) is 5.91 Å². The number of hydrogen-bond donors (Lipinski definition) is 1. The van der Waals surface area contributed by atoms with Crippen molar-refractivity contribution in [3.8, 4) is 5.75 Å². The van der Waals surface area contributed by atoms with Crippen molar-refractivity contribution in [3.63, 3.8) is 0 Å². The van der Waals surface area contributed by atoms with Gasteiger partial charge < -0.3 is 19.5 Å². The number of carbonyl (C=O) groups is 1. The average Bonchev–Trinajstić information content (AvgIpc) is 2.92. The zero-order valence-electron chi connectivity index (χ0n) is 14.8. The van der Waals surface area contributed by atoms with E-state index in [0.29, 0.717) is 18.9 Å². The van der Waals surface area contributed by atoms with Gasteiger partial charge in [-0.15, -0.1) is 0 Å². The number of aliphatic hydroxyl groups is 1. The summed E-state index contributed by atoms with van der Waals surface area (Å²) in [5, 5.41) is 10.4. The van der Waals surface area contributed by atoms with E-state index in [1.165, 1.54) is 5.56 Å². The molecule has 1 aromatic rings. The van der Waals surface area contributed by atoms with E-state index in [1.807, 2.05) is 25.1 Å². The lowest BCUT2D eigenvalue weighted by atomic mass is 9.82. The largest absolute Gasteiger partial charge is 0.483 e. The second kappa shape index (κ2) is 6.96. The predicted molar refractivity (Wildman–Crippen MR) is 93.6 cm³/mol. The van der Waals surface area contributed by atoms with Crippen molar-refractivity contribution in [2.24, 2.45) is 0 Å². The molecule has 1 saturated heterocycles. The smallest absolute Gasteiger partial charge is 0.261 e. The Labute approximate surface area is 148 Å². The molecule has 0 radical (unpaired) electrons. The van der Waals surface area contributed by atoms with Gasteiger partial charge in [0.1, 0.15) is 5.75 Å². The molecule has 2 fully saturated rings. The van der Waals surface area contributed by atoms with Gasteiger partial charge in [0.05, 0.1) is 24.9 Å². The van der Waals surface area contributed by atoms with Crippen LogP contribution in [0.1, 0.15) is 50.5 Å². The molecule has 25 heavy (non-hydrogen) atoms. The predicted octanol–water partition coefficient (Wildman–Crippen LogP) is 2.47. The van der Waals surface area contributed by atoms with Crippen molar-refractivity contribution >= 4 is 5.91 Å². The molecule has 1 aromatic carbocycles. The van der Waals surface area contributed by atoms with Crippen LogP contribution in [0.4, 0.5) is 0 Å². The summed E-state index contributed by atoms with van der Waals surface area (Å²) in [5.41, 5.74) is 1.21. The van der Waals surface area contributed by atoms with Crippen LogP contribution < -0.4 is 4.74 Å². The summed E-state index contributed by atoms with van der Waals surface area (Å²) in [7, 11) is 0. The SMILES string of the molecule is C[C@@H]1CC(O)C2COC3CCC(CC3)c3ccccc3OCC(=O)N21. The molecule has 136 valence electrons. The highest BCUT2D eigenvalue weighted by Gasteiger charge is 2.42. The van der Waals surface area contributed by atoms with Crippen LogP contribution in [0.15, 0.2) is 24.3 Å². The van der Waals surface area contributed by atoms with Crippen molar-refractivity contribution in [2.45, 2.75) is 69.2 Å². The number of carbonyl (C=O) groups excluding carboxylic acids is 1. The molecule has 2 bridgehead atoms. The molecule has 1 N–H and O–H groups in total. The van der Waals surface area contributed by atoms with E-state index in [4.69, 9.17) is 9.47 Å². The number of ether oxygens (including phenoxy) is 2. The molecule has 5 heteroatoms. The Kier molecular flexibility index (Phi) is 4.69. The summed E-state index contributed by atoms with van der Waals surface area (Å²) in [6.45, 7) is 2.42. The summed E-state index contributed by atoms with van der Waals surface area (Å²) in [6, 6.07) is 7.83. The first-order chi connectivity index (χ1) is 12.1. The van der Waals surface area contributed by atoms with Crippen molar-refractivity contribution in [1.29, 1.82) is 0 Å². The van der Waals surface area contributed by atoms with E-state index >= 15 is 0 Å². The van der Waals surface area contributed by atoms with Crippen LogP contribution in [0.2, 0.25) is 0 Å². The minimum absolute atomic E-state index is 0.0106. The molecule has 3 atom stereocenters. The highest BCUT2D eigenvalue weighted by molar-refractivity contribution is 5.79. The van der Waals surface area contributed by atoms with Gasteiger partial charge in [0.15, 0.2) is 6.61 Å². The standard InChI is InChI=1S/C20H27NO4/c1-13-10-18(22)17-11-24-15-8-6-14(7-9-15)16-4-2-3-5-19(16)25-12-20(23)21(13)17/h2-5,13-15,17-18,22H,6-12H2,1H3/t13-,14?,15?,17?,18?/m1/s1. The lowest BCUT2D eigenvalue weighted by molar-refractivity contribution is -0.139. The number of amides is 1. The Hall–Kier alpha value is -1.59. The van der Waals surface area contributed by atoms with Crippen molar-refractivity contribution in [1.82, 2.24) is 4.90 Å². The fourth-order valence-corrected chi connectivity index (χ4v) is 4.69. The van der Waals surface area contributed by atoms with Gasteiger partial charge in [-0.3, -0.25) is 4.79 Å². The van der Waals surface area contributed by atoms with Crippen molar-refractivity contribution in [2.75, 3.05) is 13.2 Å². The first-order valence-electron chi connectivity index (χ1n) is 9.46. The van der Waals surface area contributed by atoms with Crippen molar-refractivity contribution < 1.29 is 19.4 Å². The Morgan fingerprint density at radius 1 is 1.16 bits per heavy atom. The number of fused-ring (bicyclic) bond motifs is 5. The fourth-order valence-electron chi connectivity index (χ4n) is 4.69. The zero-order valence-corrected chi connectivity index (χ0v) is 14.8. The minimum Gasteiger partial charge on any atom is -0.483 e. The number of benzene rings is 1. The van der Waals surface area contributed by atoms with Crippen LogP contribution in [-0.4, -0.2) is 53.4 Å². The van der Waals surface area contributed by atoms with E-state index in [1.54, 1.807) is 4.90 Å². The summed E-state index contributed by atoms with van der Waals surface area (Å²) in [6.07, 6.45) is 4.50. The molecular weight excluding hydrogens is 318 g/mol. The molecule has 3 heterocycles. The van der Waals surface area contributed by atoms with Gasteiger partial charge in [-0.2, -0.15) is 0 Å². The quantitative estimate of drug-likeness (QED) is 0.785. The van der Waals surface area contributed by atoms with Gasteiger partial charge in [-0.05, 0) is 56.6 Å². The van der Waals surface area contributed by atoms with Crippen LogP contribution in [0, 0.1) is 0 Å². The van der Waals surface area contributed by atoms with Crippen LogP contribution in [0.3, 0.4) is 0 Å². The minimum atomic E-state index is -0.521. The maximum absolute atomic E-state index is 12.8. The summed E-state index contributed by atoms with van der Waals surface area (Å²) >= 11 is 0. The normalized spacial score (nSPS) is 35.8. The highest BCUT2D eigenvalue weighted by Crippen LogP contribution is 2.39. The monoisotopic (exact) mass is 345 g/mol. The lowest BCUT2D eigenvalue weighted by Crippen LogP contribution is -2.47. The first kappa shape index (κ1) is 16.9. The van der Waals surface area contributed by atoms with Crippen LogP contribution in [-0.2, 0) is 9.53 Å². The van der Waals surface area contributed by atoms with Gasteiger partial charge in [-0.25, -0.2) is 0 Å². The molecule has 4 aliphatic rings. The molecule has 1 saturated carbocycles. The van der Waals surface area contributed by atoms with Gasteiger partial charge >= 0.3 is 0 Å². The molecule has 1 amide bonds. The average molecular weight is 345 g/mol. The number of hydrogen-bond acceptors (Lipinski definition) is 4. The Morgan fingerprint density at radius 2 is 1.92 bits per heavy atom. The maximum atomic E-state index is 12.8. The van der Waals surface area contributed by atoms with Gasteiger partial charge in [0.2, 0.25) is 0 Å². The third-order valence-electron chi connectivity index (χ3n) is 6.03. The molecule has 0 spiro atoms. The van der Waals surface area contributed by atoms with E-state index in [2.05, 4.69) is 6.07 Å². The molecule has 5 nitrogen and oxygen atoms in total. The molecule has 0 aromatic heterocycles. The molecule has 1 aliphatic carbocycles.